The molecular formula is C50H33NO2. The second-order valence-corrected chi connectivity index (χ2v) is 13.3. The third kappa shape index (κ3) is 5.65. The van der Waals surface area contributed by atoms with Gasteiger partial charge in [0.15, 0.2) is 11.5 Å². The van der Waals surface area contributed by atoms with Crippen LogP contribution in [0.4, 0.5) is 17.1 Å². The summed E-state index contributed by atoms with van der Waals surface area (Å²) in [5.41, 5.74) is 10.1. The maximum atomic E-state index is 6.65. The van der Waals surface area contributed by atoms with Gasteiger partial charge in [0.25, 0.3) is 0 Å². The average molecular weight is 680 g/mol. The highest BCUT2D eigenvalue weighted by atomic mass is 16.5. The Balaban J connectivity index is 1.07. The van der Waals surface area contributed by atoms with Crippen LogP contribution in [0.2, 0.25) is 0 Å². The van der Waals surface area contributed by atoms with Crippen LogP contribution in [-0.4, -0.2) is 0 Å². The molecule has 0 spiro atoms. The standard InChI is InChI=1S/C50H33NO2/c1-2-10-34(11-3-1)35-22-24-36(25-23-35)37-26-28-41(29-27-37)51(42-17-6-16-40(32-42)45-19-7-13-38-12-4-5-18-44(38)45)43-30-31-46-49(33-43)53-48-21-9-15-39-14-8-20-47(52-46)50(39)48/h1-33H. The summed E-state index contributed by atoms with van der Waals surface area (Å²) < 4.78 is 13.1. The van der Waals surface area contributed by atoms with Crippen LogP contribution in [0, 0.1) is 0 Å². The number of nitrogens with zero attached hydrogens (tertiary/aromatic N) is 1. The summed E-state index contributed by atoms with van der Waals surface area (Å²) in [7, 11) is 0. The van der Waals surface area contributed by atoms with Gasteiger partial charge < -0.3 is 14.4 Å². The summed E-state index contributed by atoms with van der Waals surface area (Å²) >= 11 is 0. The fourth-order valence-corrected chi connectivity index (χ4v) is 7.51. The molecule has 0 amide bonds. The van der Waals surface area contributed by atoms with Gasteiger partial charge in [0, 0.05) is 17.4 Å². The van der Waals surface area contributed by atoms with Gasteiger partial charge in [0.2, 0.25) is 0 Å². The molecule has 250 valence electrons. The zero-order valence-corrected chi connectivity index (χ0v) is 28.8. The van der Waals surface area contributed by atoms with Crippen LogP contribution in [-0.2, 0) is 0 Å². The average Bonchev–Trinajstić information content (AvgIpc) is 3.39. The Bertz CT molecular complexity index is 2760. The summed E-state index contributed by atoms with van der Waals surface area (Å²) in [5, 5.41) is 4.50. The number of fused-ring (bicyclic) bond motifs is 2. The molecule has 1 heterocycles. The molecule has 3 heteroatoms. The summed E-state index contributed by atoms with van der Waals surface area (Å²) in [4.78, 5) is 2.29. The molecule has 0 N–H and O–H groups in total. The van der Waals surface area contributed by atoms with Crippen molar-refractivity contribution in [2.24, 2.45) is 0 Å². The first kappa shape index (κ1) is 30.7. The molecule has 0 aliphatic carbocycles. The molecule has 0 aromatic heterocycles. The van der Waals surface area contributed by atoms with Gasteiger partial charge in [-0.05, 0) is 98.1 Å². The lowest BCUT2D eigenvalue weighted by Crippen LogP contribution is -2.10. The first-order valence-corrected chi connectivity index (χ1v) is 17.9. The van der Waals surface area contributed by atoms with Crippen molar-refractivity contribution in [1.29, 1.82) is 0 Å². The zero-order chi connectivity index (χ0) is 35.1. The van der Waals surface area contributed by atoms with Crippen molar-refractivity contribution in [3.63, 3.8) is 0 Å². The predicted molar refractivity (Wildman–Crippen MR) is 219 cm³/mol. The number of rotatable bonds is 6. The minimum atomic E-state index is 0.663. The normalized spacial score (nSPS) is 11.7. The number of hydrogen-bond donors (Lipinski definition) is 0. The van der Waals surface area contributed by atoms with E-state index in [1.165, 1.54) is 33.0 Å². The SMILES string of the molecule is c1ccc(-c2ccc(-c3ccc(N(c4cccc(-c5cccc6ccccc56)c4)c4ccc5c(c4)Oc4cccc6cccc(c46)O5)cc3)cc2)cc1. The Kier molecular flexibility index (Phi) is 7.47. The van der Waals surface area contributed by atoms with Crippen molar-refractivity contribution in [3.05, 3.63) is 200 Å². The van der Waals surface area contributed by atoms with Crippen molar-refractivity contribution >= 4 is 38.6 Å². The predicted octanol–water partition coefficient (Wildman–Crippen LogP) is 14.4. The molecule has 53 heavy (non-hydrogen) atoms. The van der Waals surface area contributed by atoms with Gasteiger partial charge in [-0.1, -0.05) is 146 Å². The topological polar surface area (TPSA) is 21.7 Å². The van der Waals surface area contributed by atoms with Crippen molar-refractivity contribution < 1.29 is 9.47 Å². The molecule has 9 aromatic rings. The maximum Gasteiger partial charge on any atom is 0.172 e. The quantitative estimate of drug-likeness (QED) is 0.175. The fourth-order valence-electron chi connectivity index (χ4n) is 7.51. The third-order valence-electron chi connectivity index (χ3n) is 10.1. The first-order chi connectivity index (χ1) is 26.2. The van der Waals surface area contributed by atoms with Gasteiger partial charge in [-0.2, -0.15) is 0 Å². The molecule has 10 rings (SSSR count). The lowest BCUT2D eigenvalue weighted by molar-refractivity contribution is 0.439. The van der Waals surface area contributed by atoms with Crippen molar-refractivity contribution in [2.75, 3.05) is 4.90 Å². The van der Waals surface area contributed by atoms with Crippen LogP contribution >= 0.6 is 0 Å². The van der Waals surface area contributed by atoms with E-state index in [9.17, 15) is 0 Å². The van der Waals surface area contributed by atoms with Gasteiger partial charge in [0.05, 0.1) is 11.1 Å². The summed E-state index contributed by atoms with van der Waals surface area (Å²) in [6.45, 7) is 0. The molecule has 0 saturated heterocycles. The Morgan fingerprint density at radius 2 is 0.830 bits per heavy atom. The smallest absolute Gasteiger partial charge is 0.172 e. The zero-order valence-electron chi connectivity index (χ0n) is 28.8. The van der Waals surface area contributed by atoms with Gasteiger partial charge in [-0.3, -0.25) is 0 Å². The second-order valence-electron chi connectivity index (χ2n) is 13.3. The number of hydrogen-bond acceptors (Lipinski definition) is 3. The van der Waals surface area contributed by atoms with Gasteiger partial charge in [-0.25, -0.2) is 0 Å². The van der Waals surface area contributed by atoms with E-state index in [0.717, 1.165) is 50.5 Å². The number of benzene rings is 9. The highest BCUT2D eigenvalue weighted by Gasteiger charge is 2.22. The molecule has 9 aromatic carbocycles. The largest absolute Gasteiger partial charge is 0.453 e. The molecule has 0 fully saturated rings. The van der Waals surface area contributed by atoms with Crippen LogP contribution < -0.4 is 14.4 Å². The molecule has 1 aliphatic rings. The highest BCUT2D eigenvalue weighted by molar-refractivity contribution is 5.98. The second kappa shape index (κ2) is 12.9. The molecule has 1 aliphatic heterocycles. The monoisotopic (exact) mass is 679 g/mol. The number of anilines is 3. The Morgan fingerprint density at radius 3 is 1.58 bits per heavy atom. The van der Waals surface area contributed by atoms with Crippen LogP contribution in [0.25, 0.3) is 54.9 Å². The fraction of sp³-hybridized carbons (Fsp3) is 0. The molecule has 0 unspecified atom stereocenters. The minimum Gasteiger partial charge on any atom is -0.453 e. The van der Waals surface area contributed by atoms with Crippen LogP contribution in [0.1, 0.15) is 0 Å². The van der Waals surface area contributed by atoms with E-state index in [0.29, 0.717) is 11.5 Å². The maximum absolute atomic E-state index is 6.65. The summed E-state index contributed by atoms with van der Waals surface area (Å²) in [6.07, 6.45) is 0. The van der Waals surface area contributed by atoms with E-state index in [-0.39, 0.29) is 0 Å². The Hall–Kier alpha value is -7.10. The lowest BCUT2D eigenvalue weighted by Gasteiger charge is -2.27. The van der Waals surface area contributed by atoms with Crippen LogP contribution in [0.15, 0.2) is 200 Å². The van der Waals surface area contributed by atoms with Gasteiger partial charge in [-0.15, -0.1) is 0 Å². The van der Waals surface area contributed by atoms with E-state index >= 15 is 0 Å². The van der Waals surface area contributed by atoms with E-state index in [1.54, 1.807) is 0 Å². The van der Waals surface area contributed by atoms with E-state index < -0.39 is 0 Å². The third-order valence-corrected chi connectivity index (χ3v) is 10.1. The number of ether oxygens (including phenoxy) is 2. The highest BCUT2D eigenvalue weighted by Crippen LogP contribution is 2.48. The summed E-state index contributed by atoms with van der Waals surface area (Å²) in [6, 6.07) is 70.4. The molecule has 0 radical (unpaired) electrons. The van der Waals surface area contributed by atoms with Gasteiger partial charge in [0.1, 0.15) is 11.5 Å². The first-order valence-electron chi connectivity index (χ1n) is 17.9. The molecule has 0 saturated carbocycles. The molecule has 3 nitrogen and oxygen atoms in total. The molecule has 0 atom stereocenters. The van der Waals surface area contributed by atoms with E-state index in [4.69, 9.17) is 9.47 Å². The van der Waals surface area contributed by atoms with Crippen LogP contribution in [0.5, 0.6) is 23.0 Å². The Labute approximate surface area is 308 Å². The Morgan fingerprint density at radius 1 is 0.302 bits per heavy atom. The molecular weight excluding hydrogens is 647 g/mol. The summed E-state index contributed by atoms with van der Waals surface area (Å²) in [5.74, 6) is 2.91. The van der Waals surface area contributed by atoms with Crippen molar-refractivity contribution in [2.45, 2.75) is 0 Å². The van der Waals surface area contributed by atoms with Crippen molar-refractivity contribution in [3.8, 4) is 56.4 Å². The van der Waals surface area contributed by atoms with Gasteiger partial charge >= 0.3 is 0 Å². The van der Waals surface area contributed by atoms with E-state index in [2.05, 4.69) is 169 Å². The van der Waals surface area contributed by atoms with Crippen LogP contribution in [0.3, 0.4) is 0 Å². The van der Waals surface area contributed by atoms with Crippen molar-refractivity contribution in [1.82, 2.24) is 0 Å². The molecule has 0 bridgehead atoms. The minimum absolute atomic E-state index is 0.663. The van der Waals surface area contributed by atoms with E-state index in [1.807, 2.05) is 36.4 Å². The lowest BCUT2D eigenvalue weighted by atomic mass is 9.97.